The van der Waals surface area contributed by atoms with Crippen LogP contribution in [0.2, 0.25) is 0 Å². The molecule has 0 unspecified atom stereocenters. The Morgan fingerprint density at radius 2 is 2.06 bits per heavy atom. The Morgan fingerprint density at radius 3 is 2.69 bits per heavy atom. The maximum Gasteiger partial charge on any atom is 0.333 e. The Balaban J connectivity index is 2.73. The van der Waals surface area contributed by atoms with Crippen molar-refractivity contribution in [1.82, 2.24) is 0 Å². The monoisotopic (exact) mass is 220 g/mol. The largest absolute Gasteiger partial charge is 0.496 e. The SMILES string of the molecule is C=C(Cc1ccccc1OC)C(=O)OCC. The number of methoxy groups -OCH3 is 1. The van der Waals surface area contributed by atoms with Crippen LogP contribution in [0.5, 0.6) is 5.75 Å². The predicted octanol–water partition coefficient (Wildman–Crippen LogP) is 2.36. The summed E-state index contributed by atoms with van der Waals surface area (Å²) in [7, 11) is 1.60. The average Bonchev–Trinajstić information content (AvgIpc) is 2.30. The molecule has 0 aliphatic carbocycles. The number of benzene rings is 1. The van der Waals surface area contributed by atoms with Gasteiger partial charge in [0, 0.05) is 12.0 Å². The van der Waals surface area contributed by atoms with Crippen LogP contribution in [0, 0.1) is 0 Å². The number of rotatable bonds is 5. The first-order valence-electron chi connectivity index (χ1n) is 5.15. The highest BCUT2D eigenvalue weighted by Gasteiger charge is 2.10. The van der Waals surface area contributed by atoms with Crippen LogP contribution in [-0.2, 0) is 16.0 Å². The van der Waals surface area contributed by atoms with Gasteiger partial charge in [-0.15, -0.1) is 0 Å². The molecule has 3 nitrogen and oxygen atoms in total. The first kappa shape index (κ1) is 12.3. The molecular weight excluding hydrogens is 204 g/mol. The molecule has 1 rings (SSSR count). The molecule has 16 heavy (non-hydrogen) atoms. The molecule has 1 aromatic rings. The van der Waals surface area contributed by atoms with Crippen LogP contribution in [0.25, 0.3) is 0 Å². The fraction of sp³-hybridized carbons (Fsp3) is 0.308. The van der Waals surface area contributed by atoms with Gasteiger partial charge in [0.1, 0.15) is 5.75 Å². The van der Waals surface area contributed by atoms with E-state index in [1.807, 2.05) is 24.3 Å². The first-order valence-corrected chi connectivity index (χ1v) is 5.15. The maximum absolute atomic E-state index is 11.4. The van der Waals surface area contributed by atoms with E-state index >= 15 is 0 Å². The molecule has 0 radical (unpaired) electrons. The molecule has 0 saturated heterocycles. The molecule has 86 valence electrons. The van der Waals surface area contributed by atoms with Crippen molar-refractivity contribution in [1.29, 1.82) is 0 Å². The van der Waals surface area contributed by atoms with E-state index in [1.165, 1.54) is 0 Å². The lowest BCUT2D eigenvalue weighted by Crippen LogP contribution is -2.09. The summed E-state index contributed by atoms with van der Waals surface area (Å²) < 4.78 is 10.1. The lowest BCUT2D eigenvalue weighted by Gasteiger charge is -2.09. The van der Waals surface area contributed by atoms with Crippen LogP contribution in [-0.4, -0.2) is 19.7 Å². The number of ether oxygens (including phenoxy) is 2. The van der Waals surface area contributed by atoms with Gasteiger partial charge in [0.2, 0.25) is 0 Å². The second-order valence-electron chi connectivity index (χ2n) is 3.31. The van der Waals surface area contributed by atoms with Gasteiger partial charge in [-0.05, 0) is 18.6 Å². The van der Waals surface area contributed by atoms with Crippen LogP contribution in [0.4, 0.5) is 0 Å². The van der Waals surface area contributed by atoms with Gasteiger partial charge in [-0.3, -0.25) is 0 Å². The molecule has 3 heteroatoms. The normalized spacial score (nSPS) is 9.62. The van der Waals surface area contributed by atoms with Crippen molar-refractivity contribution < 1.29 is 14.3 Å². The summed E-state index contributed by atoms with van der Waals surface area (Å²) in [6.07, 6.45) is 0.447. The Hall–Kier alpha value is -1.77. The van der Waals surface area contributed by atoms with Crippen molar-refractivity contribution in [2.45, 2.75) is 13.3 Å². The van der Waals surface area contributed by atoms with Crippen molar-refractivity contribution in [2.75, 3.05) is 13.7 Å². The molecule has 0 N–H and O–H groups in total. The number of hydrogen-bond donors (Lipinski definition) is 0. The molecule has 0 saturated carbocycles. The van der Waals surface area contributed by atoms with Crippen LogP contribution in [0.3, 0.4) is 0 Å². The summed E-state index contributed by atoms with van der Waals surface area (Å²) >= 11 is 0. The summed E-state index contributed by atoms with van der Waals surface area (Å²) in [6.45, 7) is 5.85. The first-order chi connectivity index (χ1) is 7.69. The van der Waals surface area contributed by atoms with E-state index in [4.69, 9.17) is 9.47 Å². The molecule has 0 spiro atoms. The van der Waals surface area contributed by atoms with Crippen molar-refractivity contribution in [3.8, 4) is 5.75 Å². The molecule has 0 fully saturated rings. The molecule has 0 bridgehead atoms. The summed E-state index contributed by atoms with van der Waals surface area (Å²) in [6, 6.07) is 7.54. The van der Waals surface area contributed by atoms with E-state index in [-0.39, 0.29) is 5.97 Å². The van der Waals surface area contributed by atoms with Gasteiger partial charge in [-0.1, -0.05) is 24.8 Å². The third-order valence-electron chi connectivity index (χ3n) is 2.16. The van der Waals surface area contributed by atoms with Crippen LogP contribution < -0.4 is 4.74 Å². The smallest absolute Gasteiger partial charge is 0.333 e. The zero-order valence-corrected chi connectivity index (χ0v) is 9.66. The highest BCUT2D eigenvalue weighted by Crippen LogP contribution is 2.20. The number of esters is 1. The van der Waals surface area contributed by atoms with E-state index < -0.39 is 0 Å². The van der Waals surface area contributed by atoms with Gasteiger partial charge < -0.3 is 9.47 Å². The standard InChI is InChI=1S/C13H16O3/c1-4-16-13(14)10(2)9-11-7-5-6-8-12(11)15-3/h5-8H,2,4,9H2,1,3H3. The van der Waals surface area contributed by atoms with Gasteiger partial charge in [0.05, 0.1) is 13.7 Å². The minimum atomic E-state index is -0.353. The second kappa shape index (κ2) is 5.95. The quantitative estimate of drug-likeness (QED) is 0.564. The zero-order chi connectivity index (χ0) is 12.0. The maximum atomic E-state index is 11.4. The minimum Gasteiger partial charge on any atom is -0.496 e. The number of hydrogen-bond acceptors (Lipinski definition) is 3. The lowest BCUT2D eigenvalue weighted by molar-refractivity contribution is -0.138. The fourth-order valence-corrected chi connectivity index (χ4v) is 1.38. The lowest BCUT2D eigenvalue weighted by atomic mass is 10.1. The van der Waals surface area contributed by atoms with Crippen molar-refractivity contribution in [3.63, 3.8) is 0 Å². The van der Waals surface area contributed by atoms with Gasteiger partial charge in [-0.25, -0.2) is 4.79 Å². The van der Waals surface area contributed by atoms with Crippen molar-refractivity contribution >= 4 is 5.97 Å². The average molecular weight is 220 g/mol. The summed E-state index contributed by atoms with van der Waals surface area (Å²) in [5, 5.41) is 0. The van der Waals surface area contributed by atoms with Gasteiger partial charge in [-0.2, -0.15) is 0 Å². The Bertz CT molecular complexity index is 383. The van der Waals surface area contributed by atoms with E-state index in [9.17, 15) is 4.79 Å². The zero-order valence-electron chi connectivity index (χ0n) is 9.66. The third-order valence-corrected chi connectivity index (χ3v) is 2.16. The van der Waals surface area contributed by atoms with E-state index in [1.54, 1.807) is 14.0 Å². The van der Waals surface area contributed by atoms with Crippen LogP contribution >= 0.6 is 0 Å². The highest BCUT2D eigenvalue weighted by atomic mass is 16.5. The fourth-order valence-electron chi connectivity index (χ4n) is 1.38. The molecule has 0 aliphatic rings. The summed E-state index contributed by atoms with van der Waals surface area (Å²) in [5.41, 5.74) is 1.37. The van der Waals surface area contributed by atoms with Crippen LogP contribution in [0.15, 0.2) is 36.4 Å². The molecule has 0 aromatic heterocycles. The van der Waals surface area contributed by atoms with Crippen LogP contribution in [0.1, 0.15) is 12.5 Å². The number of para-hydroxylation sites is 1. The Morgan fingerprint density at radius 1 is 1.38 bits per heavy atom. The van der Waals surface area contributed by atoms with Gasteiger partial charge in [0.25, 0.3) is 0 Å². The van der Waals surface area contributed by atoms with Gasteiger partial charge in [0.15, 0.2) is 0 Å². The van der Waals surface area contributed by atoms with Gasteiger partial charge >= 0.3 is 5.97 Å². The third kappa shape index (κ3) is 3.12. The predicted molar refractivity (Wildman–Crippen MR) is 62.5 cm³/mol. The summed E-state index contributed by atoms with van der Waals surface area (Å²) in [5.74, 6) is 0.404. The molecular formula is C13H16O3. The van der Waals surface area contributed by atoms with E-state index in [0.29, 0.717) is 18.6 Å². The minimum absolute atomic E-state index is 0.353. The molecule has 0 heterocycles. The number of carbonyl (C=O) groups is 1. The van der Waals surface area contributed by atoms with Crippen molar-refractivity contribution in [3.05, 3.63) is 42.0 Å². The molecule has 1 aromatic carbocycles. The Labute approximate surface area is 95.7 Å². The Kier molecular flexibility index (Phi) is 4.58. The van der Waals surface area contributed by atoms with E-state index in [0.717, 1.165) is 11.3 Å². The molecule has 0 amide bonds. The number of carbonyl (C=O) groups excluding carboxylic acids is 1. The van der Waals surface area contributed by atoms with E-state index in [2.05, 4.69) is 6.58 Å². The second-order valence-corrected chi connectivity index (χ2v) is 3.31. The molecule has 0 aliphatic heterocycles. The molecule has 0 atom stereocenters. The van der Waals surface area contributed by atoms with Crippen molar-refractivity contribution in [2.24, 2.45) is 0 Å². The topological polar surface area (TPSA) is 35.5 Å². The summed E-state index contributed by atoms with van der Waals surface area (Å²) in [4.78, 5) is 11.4. The highest BCUT2D eigenvalue weighted by molar-refractivity contribution is 5.88.